The number of ether oxygens (including phenoxy) is 2. The molecular formula is C19H19N3O4S. The third-order valence-corrected chi connectivity index (χ3v) is 5.45. The molecule has 0 spiro atoms. The van der Waals surface area contributed by atoms with Crippen molar-refractivity contribution in [2.24, 2.45) is 0 Å². The van der Waals surface area contributed by atoms with Crippen LogP contribution in [0.2, 0.25) is 0 Å². The fourth-order valence-corrected chi connectivity index (χ4v) is 3.91. The number of hydrogen-bond acceptors (Lipinski definition) is 6. The van der Waals surface area contributed by atoms with Gasteiger partial charge in [0.2, 0.25) is 10.9 Å². The number of thiol groups is 1. The molecule has 140 valence electrons. The predicted molar refractivity (Wildman–Crippen MR) is 102 cm³/mol. The van der Waals surface area contributed by atoms with E-state index in [1.54, 1.807) is 32.5 Å². The molecule has 0 aliphatic heterocycles. The fourth-order valence-electron chi connectivity index (χ4n) is 3.20. The second-order valence-corrected chi connectivity index (χ2v) is 7.22. The Kier molecular flexibility index (Phi) is 4.45. The number of aromatic nitrogens is 2. The summed E-state index contributed by atoms with van der Waals surface area (Å²) in [6, 6.07) is 11.3. The molecule has 1 fully saturated rings. The molecule has 7 nitrogen and oxygen atoms in total. The van der Waals surface area contributed by atoms with Crippen molar-refractivity contribution < 1.29 is 17.9 Å². The Balaban J connectivity index is 1.68. The van der Waals surface area contributed by atoms with Gasteiger partial charge in [-0.25, -0.2) is 18.1 Å². The molecule has 1 N–H and O–H groups in total. The van der Waals surface area contributed by atoms with Gasteiger partial charge in [0.1, 0.15) is 0 Å². The lowest BCUT2D eigenvalue weighted by molar-refractivity contribution is 0.355. The molecule has 1 saturated carbocycles. The maximum Gasteiger partial charge on any atom is 0.202 e. The summed E-state index contributed by atoms with van der Waals surface area (Å²) < 4.78 is 35.3. The van der Waals surface area contributed by atoms with E-state index in [-0.39, 0.29) is 0 Å². The second kappa shape index (κ2) is 6.79. The van der Waals surface area contributed by atoms with E-state index in [1.807, 2.05) is 24.3 Å². The van der Waals surface area contributed by atoms with Crippen molar-refractivity contribution in [2.45, 2.75) is 18.4 Å². The molecule has 0 amide bonds. The molecule has 3 aromatic rings. The normalized spacial score (nSPS) is 15.1. The van der Waals surface area contributed by atoms with E-state index in [4.69, 9.17) is 9.47 Å². The van der Waals surface area contributed by atoms with E-state index in [1.165, 1.54) is 0 Å². The highest BCUT2D eigenvalue weighted by Crippen LogP contribution is 2.45. The minimum atomic E-state index is -2.62. The first-order valence-corrected chi connectivity index (χ1v) is 9.64. The smallest absolute Gasteiger partial charge is 0.202 e. The zero-order valence-corrected chi connectivity index (χ0v) is 15.8. The number of nitrogens with zero attached hydrogens (tertiary/aromatic N) is 2. The Labute approximate surface area is 158 Å². The number of fused-ring (bicyclic) bond motifs is 1. The van der Waals surface area contributed by atoms with Gasteiger partial charge in [-0.15, -0.1) is 0 Å². The lowest BCUT2D eigenvalue weighted by Crippen LogP contribution is -2.27. The van der Waals surface area contributed by atoms with Crippen molar-refractivity contribution in [1.29, 1.82) is 0 Å². The first kappa shape index (κ1) is 17.7. The van der Waals surface area contributed by atoms with Gasteiger partial charge in [-0.2, -0.15) is 0 Å². The van der Waals surface area contributed by atoms with Crippen LogP contribution in [0, 0.1) is 0 Å². The molecule has 0 atom stereocenters. The lowest BCUT2D eigenvalue weighted by Gasteiger charge is -2.14. The zero-order chi connectivity index (χ0) is 19.0. The zero-order valence-electron chi connectivity index (χ0n) is 14.9. The Bertz CT molecular complexity index is 1070. The average Bonchev–Trinajstić information content (AvgIpc) is 3.46. The topological polar surface area (TPSA) is 90.4 Å². The number of nitrogens with one attached hydrogen (secondary N) is 1. The summed E-state index contributed by atoms with van der Waals surface area (Å²) in [6.07, 6.45) is 3.34. The minimum Gasteiger partial charge on any atom is -0.493 e. The van der Waals surface area contributed by atoms with Gasteiger partial charge in [-0.1, -0.05) is 24.3 Å². The molecule has 0 bridgehead atoms. The molecule has 0 saturated heterocycles. The van der Waals surface area contributed by atoms with E-state index in [9.17, 15) is 8.42 Å². The minimum absolute atomic E-state index is 0.438. The molecule has 8 heteroatoms. The molecule has 2 aromatic carbocycles. The van der Waals surface area contributed by atoms with Gasteiger partial charge in [0, 0.05) is 17.7 Å². The number of methoxy groups -OCH3 is 2. The lowest BCUT2D eigenvalue weighted by atomic mass is 10.0. The molecule has 0 unspecified atom stereocenters. The summed E-state index contributed by atoms with van der Waals surface area (Å²) in [7, 11) is 0.537. The van der Waals surface area contributed by atoms with Crippen molar-refractivity contribution in [3.63, 3.8) is 0 Å². The molecule has 1 aliphatic rings. The standard InChI is InChI=1S/C19H19N3O4S/c1-25-17-9-14-15(10-18(17)26-2)21-16(11-20-14)12-3-5-13(6-4-12)19(7-8-19)22-27(23)24/h3-6,9-11,27H,7-8H2,1-2H3,(H,22,23,24). The van der Waals surface area contributed by atoms with Gasteiger partial charge in [0.25, 0.3) is 0 Å². The van der Waals surface area contributed by atoms with Crippen molar-refractivity contribution in [1.82, 2.24) is 14.7 Å². The first-order valence-electron chi connectivity index (χ1n) is 8.46. The molecule has 1 aromatic heterocycles. The van der Waals surface area contributed by atoms with Crippen LogP contribution >= 0.6 is 0 Å². The van der Waals surface area contributed by atoms with Gasteiger partial charge < -0.3 is 9.47 Å². The van der Waals surface area contributed by atoms with Crippen LogP contribution in [0.1, 0.15) is 18.4 Å². The second-order valence-electron chi connectivity index (χ2n) is 6.48. The maximum absolute atomic E-state index is 11.0. The van der Waals surface area contributed by atoms with Crippen LogP contribution in [-0.4, -0.2) is 32.6 Å². The number of rotatable bonds is 6. The SMILES string of the molecule is COc1cc2ncc(-c3ccc(C4(N[SH](=O)=O)CC4)cc3)nc2cc1OC. The summed E-state index contributed by atoms with van der Waals surface area (Å²) in [5, 5.41) is 0. The van der Waals surface area contributed by atoms with Gasteiger partial charge in [0.05, 0.1) is 42.7 Å². The number of hydrogen-bond donors (Lipinski definition) is 2. The first-order chi connectivity index (χ1) is 13.0. The highest BCUT2D eigenvalue weighted by atomic mass is 32.2. The van der Waals surface area contributed by atoms with Crippen LogP contribution < -0.4 is 14.2 Å². The van der Waals surface area contributed by atoms with Gasteiger partial charge in [-0.05, 0) is 18.4 Å². The van der Waals surface area contributed by atoms with Crippen LogP contribution in [0.15, 0.2) is 42.6 Å². The molecule has 1 heterocycles. The van der Waals surface area contributed by atoms with Crippen LogP contribution in [0.5, 0.6) is 11.5 Å². The van der Waals surface area contributed by atoms with Crippen molar-refractivity contribution in [3.05, 3.63) is 48.2 Å². The predicted octanol–water partition coefficient (Wildman–Crippen LogP) is 2.42. The Morgan fingerprint density at radius 1 is 1.00 bits per heavy atom. The van der Waals surface area contributed by atoms with E-state index in [0.29, 0.717) is 22.5 Å². The third-order valence-electron chi connectivity index (χ3n) is 4.84. The van der Waals surface area contributed by atoms with Crippen molar-refractivity contribution >= 4 is 21.9 Å². The Hall–Kier alpha value is -2.71. The number of benzene rings is 2. The van der Waals surface area contributed by atoms with Crippen molar-refractivity contribution in [3.8, 4) is 22.8 Å². The Morgan fingerprint density at radius 2 is 1.63 bits per heavy atom. The molecule has 0 radical (unpaired) electrons. The summed E-state index contributed by atoms with van der Waals surface area (Å²) in [4.78, 5) is 9.15. The summed E-state index contributed by atoms with van der Waals surface area (Å²) in [6.45, 7) is 0. The summed E-state index contributed by atoms with van der Waals surface area (Å²) in [5.74, 6) is 1.20. The van der Waals surface area contributed by atoms with Gasteiger partial charge in [-0.3, -0.25) is 4.98 Å². The highest BCUT2D eigenvalue weighted by molar-refractivity contribution is 7.70. The molecule has 4 rings (SSSR count). The maximum atomic E-state index is 11.0. The van der Waals surface area contributed by atoms with Crippen LogP contribution in [0.4, 0.5) is 0 Å². The quantitative estimate of drug-likeness (QED) is 0.634. The van der Waals surface area contributed by atoms with Crippen molar-refractivity contribution in [2.75, 3.05) is 14.2 Å². The third kappa shape index (κ3) is 3.33. The average molecular weight is 385 g/mol. The molecule has 1 aliphatic carbocycles. The summed E-state index contributed by atoms with van der Waals surface area (Å²) in [5.41, 5.74) is 3.59. The van der Waals surface area contributed by atoms with E-state index in [0.717, 1.165) is 29.7 Å². The molecule has 27 heavy (non-hydrogen) atoms. The fraction of sp³-hybridized carbons (Fsp3) is 0.263. The van der Waals surface area contributed by atoms with Gasteiger partial charge >= 0.3 is 0 Å². The largest absolute Gasteiger partial charge is 0.493 e. The van der Waals surface area contributed by atoms with Crippen LogP contribution in [0.25, 0.3) is 22.3 Å². The van der Waals surface area contributed by atoms with Crippen LogP contribution in [0.3, 0.4) is 0 Å². The van der Waals surface area contributed by atoms with E-state index >= 15 is 0 Å². The molecular weight excluding hydrogens is 366 g/mol. The monoisotopic (exact) mass is 385 g/mol. The Morgan fingerprint density at radius 3 is 2.19 bits per heavy atom. The highest BCUT2D eigenvalue weighted by Gasteiger charge is 2.44. The summed E-state index contributed by atoms with van der Waals surface area (Å²) >= 11 is 0. The van der Waals surface area contributed by atoms with E-state index < -0.39 is 16.4 Å². The van der Waals surface area contributed by atoms with Crippen LogP contribution in [-0.2, 0) is 16.4 Å². The van der Waals surface area contributed by atoms with E-state index in [2.05, 4.69) is 14.7 Å². The van der Waals surface area contributed by atoms with Gasteiger partial charge in [0.15, 0.2) is 11.5 Å².